The van der Waals surface area contributed by atoms with E-state index in [-0.39, 0.29) is 5.43 Å². The second kappa shape index (κ2) is 5.57. The van der Waals surface area contributed by atoms with E-state index in [0.717, 1.165) is 37.1 Å². The molecule has 0 bridgehead atoms. The van der Waals surface area contributed by atoms with Crippen LogP contribution in [0.1, 0.15) is 19.3 Å². The lowest BCUT2D eigenvalue weighted by atomic mass is 10.1. The summed E-state index contributed by atoms with van der Waals surface area (Å²) >= 11 is 1.45. The third-order valence-electron chi connectivity index (χ3n) is 4.09. The number of nitrogens with zero attached hydrogens (tertiary/aromatic N) is 2. The predicted octanol–water partition coefficient (Wildman–Crippen LogP) is 3.91. The molecule has 4 rings (SSSR count). The molecule has 0 unspecified atom stereocenters. The van der Waals surface area contributed by atoms with Crippen molar-refractivity contribution in [3.8, 4) is 11.1 Å². The molecule has 1 fully saturated rings. The summed E-state index contributed by atoms with van der Waals surface area (Å²) in [6, 6.07) is 5.52. The molecule has 4 heterocycles. The Hall–Kier alpha value is -2.14. The normalized spacial score (nSPS) is 15.4. The van der Waals surface area contributed by atoms with Crippen molar-refractivity contribution in [2.75, 3.05) is 18.0 Å². The summed E-state index contributed by atoms with van der Waals surface area (Å²) in [6.45, 7) is 1.92. The Labute approximate surface area is 132 Å². The second-order valence-corrected chi connectivity index (χ2v) is 6.42. The molecule has 0 saturated carbocycles. The van der Waals surface area contributed by atoms with Crippen LogP contribution in [-0.4, -0.2) is 18.1 Å². The zero-order valence-corrected chi connectivity index (χ0v) is 12.9. The molecule has 4 nitrogen and oxygen atoms in total. The predicted molar refractivity (Wildman–Crippen MR) is 89.7 cm³/mol. The van der Waals surface area contributed by atoms with E-state index in [1.54, 1.807) is 18.5 Å². The van der Waals surface area contributed by atoms with Gasteiger partial charge in [0.15, 0.2) is 11.5 Å². The minimum atomic E-state index is 0.0483. The van der Waals surface area contributed by atoms with Gasteiger partial charge in [-0.3, -0.25) is 9.78 Å². The average Bonchev–Trinajstić information content (AvgIpc) is 3.01. The van der Waals surface area contributed by atoms with Crippen LogP contribution < -0.4 is 10.3 Å². The van der Waals surface area contributed by atoms with Gasteiger partial charge in [-0.25, -0.2) is 0 Å². The molecule has 3 aromatic rings. The first-order valence-electron chi connectivity index (χ1n) is 7.53. The van der Waals surface area contributed by atoms with Gasteiger partial charge in [-0.1, -0.05) is 0 Å². The summed E-state index contributed by atoms with van der Waals surface area (Å²) in [5, 5.41) is 1.99. The quantitative estimate of drug-likeness (QED) is 0.720. The summed E-state index contributed by atoms with van der Waals surface area (Å²) in [7, 11) is 0. The highest BCUT2D eigenvalue weighted by Crippen LogP contribution is 2.34. The Morgan fingerprint density at radius 1 is 1.14 bits per heavy atom. The SMILES string of the molecule is O=c1cc(N2CCCCC2)oc2c(-c3ccncc3)csc12. The van der Waals surface area contributed by atoms with E-state index in [2.05, 4.69) is 9.88 Å². The van der Waals surface area contributed by atoms with Crippen LogP contribution in [0.2, 0.25) is 0 Å². The van der Waals surface area contributed by atoms with Crippen LogP contribution in [-0.2, 0) is 0 Å². The number of fused-ring (bicyclic) bond motifs is 1. The third-order valence-corrected chi connectivity index (χ3v) is 5.07. The zero-order chi connectivity index (χ0) is 14.9. The Morgan fingerprint density at radius 2 is 1.91 bits per heavy atom. The molecule has 22 heavy (non-hydrogen) atoms. The Bertz CT molecular complexity index is 848. The minimum absolute atomic E-state index is 0.0483. The fraction of sp³-hybridized carbons (Fsp3) is 0.294. The lowest BCUT2D eigenvalue weighted by molar-refractivity contribution is 0.513. The molecule has 3 aromatic heterocycles. The van der Waals surface area contributed by atoms with E-state index in [1.165, 1.54) is 17.8 Å². The number of hydrogen-bond acceptors (Lipinski definition) is 5. The van der Waals surface area contributed by atoms with Crippen molar-refractivity contribution >= 4 is 27.5 Å². The zero-order valence-electron chi connectivity index (χ0n) is 12.1. The van der Waals surface area contributed by atoms with Gasteiger partial charge in [0, 0.05) is 42.5 Å². The van der Waals surface area contributed by atoms with Gasteiger partial charge < -0.3 is 9.32 Å². The first-order valence-corrected chi connectivity index (χ1v) is 8.41. The van der Waals surface area contributed by atoms with Crippen LogP contribution in [0.15, 0.2) is 45.2 Å². The summed E-state index contributed by atoms with van der Waals surface area (Å²) < 4.78 is 6.81. The molecule has 1 saturated heterocycles. The van der Waals surface area contributed by atoms with Crippen molar-refractivity contribution in [2.45, 2.75) is 19.3 Å². The van der Waals surface area contributed by atoms with Gasteiger partial charge in [0.25, 0.3) is 0 Å². The average molecular weight is 312 g/mol. The fourth-order valence-corrected chi connectivity index (χ4v) is 3.84. The van der Waals surface area contributed by atoms with E-state index < -0.39 is 0 Å². The maximum absolute atomic E-state index is 12.4. The van der Waals surface area contributed by atoms with Crippen molar-refractivity contribution in [1.82, 2.24) is 4.98 Å². The minimum Gasteiger partial charge on any atom is -0.439 e. The maximum Gasteiger partial charge on any atom is 0.204 e. The van der Waals surface area contributed by atoms with Crippen molar-refractivity contribution < 1.29 is 4.42 Å². The Kier molecular flexibility index (Phi) is 3.42. The molecule has 0 spiro atoms. The molecule has 0 N–H and O–H groups in total. The van der Waals surface area contributed by atoms with Gasteiger partial charge in [0.2, 0.25) is 5.43 Å². The van der Waals surface area contributed by atoms with Crippen LogP contribution in [0.25, 0.3) is 21.4 Å². The van der Waals surface area contributed by atoms with Crippen molar-refractivity contribution in [2.24, 2.45) is 0 Å². The fourth-order valence-electron chi connectivity index (χ4n) is 2.93. The highest BCUT2D eigenvalue weighted by atomic mass is 32.1. The third kappa shape index (κ3) is 2.31. The lowest BCUT2D eigenvalue weighted by Gasteiger charge is -2.26. The molecule has 0 radical (unpaired) electrons. The molecule has 5 heteroatoms. The van der Waals surface area contributed by atoms with Gasteiger partial charge in [-0.05, 0) is 37.0 Å². The smallest absolute Gasteiger partial charge is 0.204 e. The second-order valence-electron chi connectivity index (χ2n) is 5.54. The number of aromatic nitrogens is 1. The molecule has 0 aromatic carbocycles. The van der Waals surface area contributed by atoms with E-state index in [4.69, 9.17) is 4.42 Å². The first-order chi connectivity index (χ1) is 10.8. The molecular weight excluding hydrogens is 296 g/mol. The number of hydrogen-bond donors (Lipinski definition) is 0. The van der Waals surface area contributed by atoms with Gasteiger partial charge in [0.05, 0.1) is 0 Å². The van der Waals surface area contributed by atoms with E-state index in [1.807, 2.05) is 17.5 Å². The van der Waals surface area contributed by atoms with Crippen molar-refractivity contribution in [1.29, 1.82) is 0 Å². The molecule has 0 amide bonds. The van der Waals surface area contributed by atoms with Crippen LogP contribution in [0.5, 0.6) is 0 Å². The largest absolute Gasteiger partial charge is 0.439 e. The lowest BCUT2D eigenvalue weighted by Crippen LogP contribution is -2.29. The first kappa shape index (κ1) is 13.5. The topological polar surface area (TPSA) is 46.3 Å². The number of piperidine rings is 1. The van der Waals surface area contributed by atoms with Crippen LogP contribution >= 0.6 is 11.3 Å². The van der Waals surface area contributed by atoms with E-state index in [9.17, 15) is 4.79 Å². The Balaban J connectivity index is 1.86. The highest BCUT2D eigenvalue weighted by Gasteiger charge is 2.18. The number of thiophene rings is 1. The van der Waals surface area contributed by atoms with E-state index >= 15 is 0 Å². The monoisotopic (exact) mass is 312 g/mol. The maximum atomic E-state index is 12.4. The van der Waals surface area contributed by atoms with Gasteiger partial charge in [0.1, 0.15) is 4.70 Å². The summed E-state index contributed by atoms with van der Waals surface area (Å²) in [5.74, 6) is 0.700. The van der Waals surface area contributed by atoms with Crippen LogP contribution in [0.4, 0.5) is 5.88 Å². The van der Waals surface area contributed by atoms with Crippen LogP contribution in [0.3, 0.4) is 0 Å². The van der Waals surface area contributed by atoms with Gasteiger partial charge in [-0.2, -0.15) is 0 Å². The standard InChI is InChI=1S/C17H16N2O2S/c20-14-10-15(19-8-2-1-3-9-19)21-16-13(11-22-17(14)16)12-4-6-18-7-5-12/h4-7,10-11H,1-3,8-9H2. The molecule has 1 aliphatic rings. The summed E-state index contributed by atoms with van der Waals surface area (Å²) in [5.41, 5.74) is 2.75. The van der Waals surface area contributed by atoms with Crippen LogP contribution in [0, 0.1) is 0 Å². The molecular formula is C17H16N2O2S. The van der Waals surface area contributed by atoms with Crippen molar-refractivity contribution in [3.05, 3.63) is 46.2 Å². The summed E-state index contributed by atoms with van der Waals surface area (Å²) in [4.78, 5) is 18.6. The molecule has 1 aliphatic heterocycles. The molecule has 0 atom stereocenters. The number of rotatable bonds is 2. The molecule has 0 aliphatic carbocycles. The van der Waals surface area contributed by atoms with E-state index in [0.29, 0.717) is 16.2 Å². The molecule has 112 valence electrons. The summed E-state index contributed by atoms with van der Waals surface area (Å²) in [6.07, 6.45) is 7.08. The van der Waals surface area contributed by atoms with Gasteiger partial charge >= 0.3 is 0 Å². The Morgan fingerprint density at radius 3 is 2.68 bits per heavy atom. The van der Waals surface area contributed by atoms with Gasteiger partial charge in [-0.15, -0.1) is 11.3 Å². The highest BCUT2D eigenvalue weighted by molar-refractivity contribution is 7.17. The number of pyridine rings is 1. The van der Waals surface area contributed by atoms with Crippen molar-refractivity contribution in [3.63, 3.8) is 0 Å². The number of anilines is 1.